The molecule has 238 valence electrons. The van der Waals surface area contributed by atoms with E-state index in [1.165, 1.54) is 30.2 Å². The molecule has 1 amide bonds. The Kier molecular flexibility index (Phi) is 9.43. The van der Waals surface area contributed by atoms with Crippen molar-refractivity contribution >= 4 is 28.8 Å². The number of aromatic nitrogens is 4. The maximum Gasteiger partial charge on any atom is 0.252 e. The molecule has 2 aromatic heterocycles. The Balaban J connectivity index is 1.29. The first-order valence-electron chi connectivity index (χ1n) is 16.4. The third kappa shape index (κ3) is 6.94. The summed E-state index contributed by atoms with van der Waals surface area (Å²) >= 11 is 0. The molecule has 0 saturated carbocycles. The first-order chi connectivity index (χ1) is 22.5. The molecular formula is C33H42N8O4. The Morgan fingerprint density at radius 1 is 1.00 bits per heavy atom. The molecule has 2 aromatic carbocycles. The number of anilines is 2. The van der Waals surface area contributed by atoms with Crippen molar-refractivity contribution in [3.05, 3.63) is 78.1 Å². The molecule has 4 heterocycles. The van der Waals surface area contributed by atoms with Gasteiger partial charge in [-0.05, 0) is 44.0 Å². The number of rotatable bonds is 12. The number of fused-ring (bicyclic) bond motifs is 1. The summed E-state index contributed by atoms with van der Waals surface area (Å²) in [6.07, 6.45) is -0.126. The molecular weight excluding hydrogens is 572 g/mol. The van der Waals surface area contributed by atoms with E-state index in [0.717, 1.165) is 30.8 Å². The number of amides is 1. The molecule has 2 aliphatic rings. The number of likely N-dealkylation sites (tertiary alicyclic amines) is 1. The molecule has 2 saturated heterocycles. The Labute approximate surface area is 264 Å². The number of hydrogen-bond acceptors (Lipinski definition) is 10. The lowest BCUT2D eigenvalue weighted by Gasteiger charge is -2.26. The summed E-state index contributed by atoms with van der Waals surface area (Å²) in [5.41, 5.74) is 3.16. The number of benzene rings is 2. The maximum atomic E-state index is 12.6. The lowest BCUT2D eigenvalue weighted by Crippen LogP contribution is -2.42. The second-order valence-electron chi connectivity index (χ2n) is 11.5. The zero-order valence-corrected chi connectivity index (χ0v) is 25.3. The molecule has 4 aromatic rings. The number of ether oxygens (including phenoxy) is 1. The van der Waals surface area contributed by atoms with Crippen LogP contribution in [0.2, 0.25) is 0 Å². The van der Waals surface area contributed by atoms with Gasteiger partial charge in [-0.15, -0.1) is 0 Å². The quantitative estimate of drug-likeness (QED) is 0.161. The third-order valence-corrected chi connectivity index (χ3v) is 8.53. The molecule has 4 atom stereocenters. The van der Waals surface area contributed by atoms with E-state index >= 15 is 0 Å². The monoisotopic (exact) mass is 615 g/mol. The molecule has 0 aliphatic carbocycles. The van der Waals surface area contributed by atoms with Crippen molar-refractivity contribution in [3.8, 4) is 0 Å². The molecule has 6 rings (SSSR count). The summed E-state index contributed by atoms with van der Waals surface area (Å²) in [5.74, 6) is 0.347. The van der Waals surface area contributed by atoms with Gasteiger partial charge in [-0.3, -0.25) is 9.36 Å². The highest BCUT2D eigenvalue weighted by atomic mass is 16.6. The van der Waals surface area contributed by atoms with Crippen molar-refractivity contribution in [1.82, 2.24) is 29.7 Å². The average Bonchev–Trinajstić information content (AvgIpc) is 3.65. The van der Waals surface area contributed by atoms with Gasteiger partial charge in [0.1, 0.15) is 12.2 Å². The van der Waals surface area contributed by atoms with Gasteiger partial charge in [0.05, 0.1) is 6.33 Å². The van der Waals surface area contributed by atoms with E-state index in [0.29, 0.717) is 36.0 Å². The Bertz CT molecular complexity index is 1530. The average molecular weight is 616 g/mol. The lowest BCUT2D eigenvalue weighted by molar-refractivity contribution is -0.137. The smallest absolute Gasteiger partial charge is 0.252 e. The zero-order chi connectivity index (χ0) is 31.9. The van der Waals surface area contributed by atoms with Crippen molar-refractivity contribution in [3.63, 3.8) is 0 Å². The van der Waals surface area contributed by atoms with Crippen molar-refractivity contribution < 1.29 is 21.1 Å². The number of imidazole rings is 1. The number of likely N-dealkylation sites (N-methyl/N-ethyl adjacent to an activating group) is 1. The van der Waals surface area contributed by atoms with E-state index < -0.39 is 30.4 Å². The number of aliphatic hydroxyl groups excluding tert-OH is 2. The Morgan fingerprint density at radius 3 is 2.40 bits per heavy atom. The van der Waals surface area contributed by atoms with Crippen LogP contribution in [0.5, 0.6) is 0 Å². The highest BCUT2D eigenvalue weighted by Crippen LogP contribution is 2.34. The molecule has 2 aliphatic heterocycles. The predicted octanol–water partition coefficient (Wildman–Crippen LogP) is 2.72. The van der Waals surface area contributed by atoms with Crippen LogP contribution in [0.1, 0.15) is 50.8 Å². The molecule has 0 radical (unpaired) electrons. The number of hydrogen-bond donors (Lipinski definition) is 5. The van der Waals surface area contributed by atoms with Gasteiger partial charge in [-0.25, -0.2) is 4.98 Å². The van der Waals surface area contributed by atoms with Crippen LogP contribution in [0, 0.1) is 0 Å². The van der Waals surface area contributed by atoms with Gasteiger partial charge >= 0.3 is 0 Å². The number of piperidine rings is 1. The number of carbonyl (C=O) groups is 1. The van der Waals surface area contributed by atoms with Crippen LogP contribution >= 0.6 is 0 Å². The van der Waals surface area contributed by atoms with E-state index in [2.05, 4.69) is 50.1 Å². The second-order valence-corrected chi connectivity index (χ2v) is 11.5. The normalized spacial score (nSPS) is 22.4. The fourth-order valence-corrected chi connectivity index (χ4v) is 6.14. The topological polar surface area (TPSA) is 150 Å². The summed E-state index contributed by atoms with van der Waals surface area (Å²) < 4.78 is 14.7. The van der Waals surface area contributed by atoms with E-state index in [9.17, 15) is 15.0 Å². The number of aliphatic hydroxyl groups is 2. The fraction of sp³-hybridized carbons (Fsp3) is 0.455. The maximum absolute atomic E-state index is 12.6. The van der Waals surface area contributed by atoms with Gasteiger partial charge in [-0.1, -0.05) is 67.1 Å². The van der Waals surface area contributed by atoms with Crippen LogP contribution in [0.15, 0.2) is 67.0 Å². The van der Waals surface area contributed by atoms with Crippen LogP contribution in [-0.4, -0.2) is 98.1 Å². The number of nitrogens with zero attached hydrogens (tertiary/aromatic N) is 5. The molecule has 0 spiro atoms. The first-order valence-corrected chi connectivity index (χ1v) is 15.7. The molecule has 2 fully saturated rings. The van der Waals surface area contributed by atoms with Gasteiger partial charge in [-0.2, -0.15) is 9.97 Å². The molecule has 12 nitrogen and oxygen atoms in total. The van der Waals surface area contributed by atoms with Gasteiger partial charge in [0.25, 0.3) is 5.91 Å². The Hall–Kier alpha value is -4.10. The highest BCUT2D eigenvalue weighted by molar-refractivity contribution is 5.85. The van der Waals surface area contributed by atoms with Crippen LogP contribution < -0.4 is 16.0 Å². The second kappa shape index (κ2) is 14.3. The van der Waals surface area contributed by atoms with Crippen molar-refractivity contribution in [1.29, 1.82) is 0 Å². The standard InChI is InChI=1S/C33H42N8O4/c1-2-34-31(44)28-26(42)27(43)32(45-28)41-21-37-25-29(38-33(39-30(25)41)35-16-19-40-17-10-5-11-18-40)36-20-24(22-12-6-3-7-13-22)23-14-8-4-9-15-23/h3-4,6-9,12-15,21,24,26-28,32,42-43H,2,5,10-11,16-20H2,1H3,(H,34,44)(H2,35,36,38,39)/t26-,27+,28-,32?/m0/s1/i1D. The first kappa shape index (κ1) is 29.6. The Morgan fingerprint density at radius 2 is 1.71 bits per heavy atom. The van der Waals surface area contributed by atoms with Crippen molar-refractivity contribution in [2.75, 3.05) is 49.9 Å². The van der Waals surface area contributed by atoms with Crippen LogP contribution in [-0.2, 0) is 9.53 Å². The minimum absolute atomic E-state index is 0.0116. The van der Waals surface area contributed by atoms with Crippen molar-refractivity contribution in [2.24, 2.45) is 0 Å². The summed E-state index contributed by atoms with van der Waals surface area (Å²) in [7, 11) is 0. The highest BCUT2D eigenvalue weighted by Gasteiger charge is 2.47. The van der Waals surface area contributed by atoms with Gasteiger partial charge in [0.2, 0.25) is 5.95 Å². The fourth-order valence-electron chi connectivity index (χ4n) is 6.14. The largest absolute Gasteiger partial charge is 0.387 e. The minimum Gasteiger partial charge on any atom is -0.387 e. The van der Waals surface area contributed by atoms with E-state index in [-0.39, 0.29) is 19.4 Å². The molecule has 12 heteroatoms. The number of nitrogens with one attached hydrogen (secondary N) is 3. The molecule has 5 N–H and O–H groups in total. The molecule has 45 heavy (non-hydrogen) atoms. The van der Waals surface area contributed by atoms with E-state index in [1.807, 2.05) is 36.4 Å². The van der Waals surface area contributed by atoms with Crippen LogP contribution in [0.3, 0.4) is 0 Å². The summed E-state index contributed by atoms with van der Waals surface area (Å²) in [6, 6.07) is 20.6. The molecule has 1 unspecified atom stereocenters. The van der Waals surface area contributed by atoms with Gasteiger partial charge < -0.3 is 35.8 Å². The lowest BCUT2D eigenvalue weighted by atomic mass is 9.91. The molecule has 0 bridgehead atoms. The predicted molar refractivity (Wildman–Crippen MR) is 172 cm³/mol. The summed E-state index contributed by atoms with van der Waals surface area (Å²) in [5, 5.41) is 31.1. The zero-order valence-electron chi connectivity index (χ0n) is 26.3. The van der Waals surface area contributed by atoms with E-state index in [1.54, 1.807) is 0 Å². The van der Waals surface area contributed by atoms with Gasteiger partial charge in [0, 0.05) is 33.5 Å². The van der Waals surface area contributed by atoms with Crippen LogP contribution in [0.4, 0.5) is 11.8 Å². The summed E-state index contributed by atoms with van der Waals surface area (Å²) in [4.78, 5) is 29.2. The SMILES string of the molecule is [2H]CCNC(=O)[C@H]1OC(n2cnc3c(NCC(c4ccccc4)c4ccccc4)nc(NCCN4CCCCC4)nc32)[C@H](O)[C@@H]1O. The third-order valence-electron chi connectivity index (χ3n) is 8.53. The van der Waals surface area contributed by atoms with Gasteiger partial charge in [0.15, 0.2) is 29.3 Å². The van der Waals surface area contributed by atoms with Crippen LogP contribution in [0.25, 0.3) is 11.2 Å². The number of carbonyl (C=O) groups excluding carboxylic acids is 1. The van der Waals surface area contributed by atoms with Crippen molar-refractivity contribution in [2.45, 2.75) is 56.6 Å². The minimum atomic E-state index is -1.47. The summed E-state index contributed by atoms with van der Waals surface area (Å²) in [6.45, 7) is 4.30. The van der Waals surface area contributed by atoms with E-state index in [4.69, 9.17) is 16.1 Å².